The summed E-state index contributed by atoms with van der Waals surface area (Å²) in [7, 11) is 0. The minimum absolute atomic E-state index is 0.560. The maximum absolute atomic E-state index is 5.87. The highest BCUT2D eigenvalue weighted by atomic mass is 79.9. The van der Waals surface area contributed by atoms with Gasteiger partial charge in [-0.05, 0) is 52.9 Å². The molecule has 0 radical (unpaired) electrons. The van der Waals surface area contributed by atoms with Gasteiger partial charge >= 0.3 is 0 Å². The Kier molecular flexibility index (Phi) is 4.22. The summed E-state index contributed by atoms with van der Waals surface area (Å²) in [5.41, 5.74) is 1.26. The van der Waals surface area contributed by atoms with Crippen molar-refractivity contribution < 1.29 is 0 Å². The molecule has 0 aliphatic heterocycles. The predicted octanol–water partition coefficient (Wildman–Crippen LogP) is 4.42. The van der Waals surface area contributed by atoms with Crippen LogP contribution in [0.5, 0.6) is 0 Å². The Morgan fingerprint density at radius 3 is 2.65 bits per heavy atom. The first-order chi connectivity index (χ1) is 9.70. The van der Waals surface area contributed by atoms with Gasteiger partial charge < -0.3 is 5.32 Å². The third kappa shape index (κ3) is 3.70. The van der Waals surface area contributed by atoms with Crippen molar-refractivity contribution in [1.29, 1.82) is 0 Å². The van der Waals surface area contributed by atoms with Gasteiger partial charge in [-0.15, -0.1) is 0 Å². The fourth-order valence-electron chi connectivity index (χ4n) is 2.04. The first kappa shape index (κ1) is 13.8. The molecule has 1 aliphatic carbocycles. The SMILES string of the molecule is Clc1ccc(CCNc2cc(Br)nc(C3CC3)n2)cc1. The van der Waals surface area contributed by atoms with Gasteiger partial charge in [0.05, 0.1) is 0 Å². The van der Waals surface area contributed by atoms with Gasteiger partial charge in [-0.3, -0.25) is 0 Å². The van der Waals surface area contributed by atoms with E-state index in [1.54, 1.807) is 0 Å². The van der Waals surface area contributed by atoms with Crippen molar-refractivity contribution in [1.82, 2.24) is 9.97 Å². The largest absolute Gasteiger partial charge is 0.370 e. The number of hydrogen-bond acceptors (Lipinski definition) is 3. The fraction of sp³-hybridized carbons (Fsp3) is 0.333. The smallest absolute Gasteiger partial charge is 0.135 e. The van der Waals surface area contributed by atoms with E-state index in [1.807, 2.05) is 18.2 Å². The van der Waals surface area contributed by atoms with Crippen LogP contribution >= 0.6 is 27.5 Å². The summed E-state index contributed by atoms with van der Waals surface area (Å²) in [5.74, 6) is 2.40. The van der Waals surface area contributed by atoms with Crippen molar-refractivity contribution in [2.24, 2.45) is 0 Å². The average Bonchev–Trinajstić information content (AvgIpc) is 3.25. The van der Waals surface area contributed by atoms with Crippen LogP contribution < -0.4 is 5.32 Å². The van der Waals surface area contributed by atoms with E-state index in [1.165, 1.54) is 18.4 Å². The van der Waals surface area contributed by atoms with E-state index < -0.39 is 0 Å². The molecule has 1 saturated carbocycles. The zero-order valence-electron chi connectivity index (χ0n) is 10.9. The number of benzene rings is 1. The second-order valence-corrected chi connectivity index (χ2v) is 6.26. The second kappa shape index (κ2) is 6.10. The van der Waals surface area contributed by atoms with E-state index in [4.69, 9.17) is 11.6 Å². The lowest BCUT2D eigenvalue weighted by Crippen LogP contribution is -2.08. The summed E-state index contributed by atoms with van der Waals surface area (Å²) in [4.78, 5) is 8.99. The van der Waals surface area contributed by atoms with Gasteiger partial charge in [-0.1, -0.05) is 23.7 Å². The van der Waals surface area contributed by atoms with Crippen LogP contribution in [0.15, 0.2) is 34.9 Å². The summed E-state index contributed by atoms with van der Waals surface area (Å²) < 4.78 is 0.850. The topological polar surface area (TPSA) is 37.8 Å². The second-order valence-electron chi connectivity index (χ2n) is 5.01. The molecule has 0 spiro atoms. The van der Waals surface area contributed by atoms with Gasteiger partial charge in [0, 0.05) is 23.6 Å². The molecular formula is C15H15BrClN3. The molecule has 0 atom stereocenters. The molecule has 0 amide bonds. The van der Waals surface area contributed by atoms with Gasteiger partial charge in [0.25, 0.3) is 0 Å². The molecular weight excluding hydrogens is 338 g/mol. The molecule has 0 unspecified atom stereocenters. The number of nitrogens with one attached hydrogen (secondary N) is 1. The van der Waals surface area contributed by atoms with Crippen LogP contribution in [0.3, 0.4) is 0 Å². The van der Waals surface area contributed by atoms with E-state index in [0.29, 0.717) is 5.92 Å². The van der Waals surface area contributed by atoms with Gasteiger partial charge in [0.2, 0.25) is 0 Å². The number of anilines is 1. The molecule has 1 N–H and O–H groups in total. The summed E-state index contributed by atoms with van der Waals surface area (Å²) in [6.45, 7) is 0.842. The molecule has 2 aromatic rings. The van der Waals surface area contributed by atoms with Crippen LogP contribution in [0.1, 0.15) is 30.1 Å². The van der Waals surface area contributed by atoms with Crippen LogP contribution in [0.4, 0.5) is 5.82 Å². The first-order valence-electron chi connectivity index (χ1n) is 6.73. The number of rotatable bonds is 5. The van der Waals surface area contributed by atoms with Gasteiger partial charge in [-0.25, -0.2) is 9.97 Å². The Labute approximate surface area is 131 Å². The number of halogens is 2. The average molecular weight is 353 g/mol. The Bertz CT molecular complexity index is 597. The lowest BCUT2D eigenvalue weighted by atomic mass is 10.1. The number of aromatic nitrogens is 2. The van der Waals surface area contributed by atoms with Crippen LogP contribution in [-0.2, 0) is 6.42 Å². The third-order valence-electron chi connectivity index (χ3n) is 3.29. The van der Waals surface area contributed by atoms with Crippen molar-refractivity contribution in [2.75, 3.05) is 11.9 Å². The Morgan fingerprint density at radius 1 is 1.20 bits per heavy atom. The first-order valence-corrected chi connectivity index (χ1v) is 7.90. The molecule has 3 nitrogen and oxygen atoms in total. The lowest BCUT2D eigenvalue weighted by molar-refractivity contribution is 0.905. The van der Waals surface area contributed by atoms with E-state index in [-0.39, 0.29) is 0 Å². The van der Waals surface area contributed by atoms with Crippen LogP contribution in [-0.4, -0.2) is 16.5 Å². The standard InChI is InChI=1S/C15H15BrClN3/c16-13-9-14(20-15(19-13)11-3-4-11)18-8-7-10-1-5-12(17)6-2-10/h1-2,5-6,9,11H,3-4,7-8H2,(H,18,19,20). The van der Waals surface area contributed by atoms with E-state index >= 15 is 0 Å². The maximum Gasteiger partial charge on any atom is 0.135 e. The van der Waals surface area contributed by atoms with Gasteiger partial charge in [-0.2, -0.15) is 0 Å². The highest BCUT2D eigenvalue weighted by Gasteiger charge is 2.27. The van der Waals surface area contributed by atoms with Crippen LogP contribution in [0.25, 0.3) is 0 Å². The molecule has 20 heavy (non-hydrogen) atoms. The predicted molar refractivity (Wildman–Crippen MR) is 85.4 cm³/mol. The molecule has 0 saturated heterocycles. The highest BCUT2D eigenvalue weighted by Crippen LogP contribution is 2.38. The maximum atomic E-state index is 5.87. The monoisotopic (exact) mass is 351 g/mol. The fourth-order valence-corrected chi connectivity index (χ4v) is 2.56. The van der Waals surface area contributed by atoms with Crippen molar-refractivity contribution in [3.63, 3.8) is 0 Å². The van der Waals surface area contributed by atoms with E-state index in [2.05, 4.69) is 43.3 Å². The molecule has 1 aromatic heterocycles. The number of hydrogen-bond donors (Lipinski definition) is 1. The minimum Gasteiger partial charge on any atom is -0.370 e. The molecule has 1 heterocycles. The van der Waals surface area contributed by atoms with Gasteiger partial charge in [0.1, 0.15) is 16.2 Å². The van der Waals surface area contributed by atoms with E-state index in [9.17, 15) is 0 Å². The minimum atomic E-state index is 0.560. The molecule has 1 fully saturated rings. The van der Waals surface area contributed by atoms with E-state index in [0.717, 1.165) is 34.2 Å². The molecule has 5 heteroatoms. The zero-order valence-corrected chi connectivity index (χ0v) is 13.3. The summed E-state index contributed by atoms with van der Waals surface area (Å²) >= 11 is 9.32. The quantitative estimate of drug-likeness (QED) is 0.809. The third-order valence-corrected chi connectivity index (χ3v) is 3.95. The molecule has 3 rings (SSSR count). The number of nitrogens with zero attached hydrogens (tertiary/aromatic N) is 2. The summed E-state index contributed by atoms with van der Waals surface area (Å²) in [6.07, 6.45) is 3.36. The molecule has 104 valence electrons. The lowest BCUT2D eigenvalue weighted by Gasteiger charge is -2.08. The van der Waals surface area contributed by atoms with Crippen molar-refractivity contribution in [2.45, 2.75) is 25.2 Å². The summed E-state index contributed by atoms with van der Waals surface area (Å²) in [5, 5.41) is 4.13. The van der Waals surface area contributed by atoms with Crippen molar-refractivity contribution in [3.05, 3.63) is 51.3 Å². The Hall–Kier alpha value is -1.13. The van der Waals surface area contributed by atoms with Crippen molar-refractivity contribution in [3.8, 4) is 0 Å². The highest BCUT2D eigenvalue weighted by molar-refractivity contribution is 9.10. The normalized spacial score (nSPS) is 14.3. The molecule has 0 bridgehead atoms. The summed E-state index contributed by atoms with van der Waals surface area (Å²) in [6, 6.07) is 9.87. The van der Waals surface area contributed by atoms with Crippen LogP contribution in [0, 0.1) is 0 Å². The zero-order chi connectivity index (χ0) is 13.9. The molecule has 1 aromatic carbocycles. The van der Waals surface area contributed by atoms with Gasteiger partial charge in [0.15, 0.2) is 0 Å². The van der Waals surface area contributed by atoms with Crippen LogP contribution in [0.2, 0.25) is 5.02 Å². The molecule has 1 aliphatic rings. The Morgan fingerprint density at radius 2 is 1.95 bits per heavy atom. The Balaban J connectivity index is 1.59. The van der Waals surface area contributed by atoms with Crippen molar-refractivity contribution >= 4 is 33.3 Å².